The molecule has 2 aliphatic rings. The van der Waals surface area contributed by atoms with E-state index in [2.05, 4.69) is 14.8 Å². The molecule has 0 saturated carbocycles. The average molecular weight is 546 g/mol. The number of hydrogen-bond donors (Lipinski definition) is 0. The normalized spacial score (nSPS) is 17.6. The molecule has 0 N–H and O–H groups in total. The first-order valence-corrected chi connectivity index (χ1v) is 14.4. The Labute approximate surface area is 235 Å². The molecule has 2 fully saturated rings. The van der Waals surface area contributed by atoms with Gasteiger partial charge in [-0.1, -0.05) is 30.3 Å². The second-order valence-electron chi connectivity index (χ2n) is 11.4. The van der Waals surface area contributed by atoms with Gasteiger partial charge in [-0.15, -0.1) is 0 Å². The van der Waals surface area contributed by atoms with Crippen molar-refractivity contribution < 1.29 is 18.4 Å². The summed E-state index contributed by atoms with van der Waals surface area (Å²) in [5.41, 5.74) is 2.96. The van der Waals surface area contributed by atoms with Crippen LogP contribution in [-0.2, 0) is 13.1 Å². The van der Waals surface area contributed by atoms with Gasteiger partial charge in [0.2, 0.25) is 0 Å². The summed E-state index contributed by atoms with van der Waals surface area (Å²) in [4.78, 5) is 35.2. The quantitative estimate of drug-likeness (QED) is 0.279. The van der Waals surface area contributed by atoms with Crippen molar-refractivity contribution in [3.05, 3.63) is 101 Å². The summed E-state index contributed by atoms with van der Waals surface area (Å²) < 4.78 is 26.3. The second-order valence-corrected chi connectivity index (χ2v) is 11.4. The Morgan fingerprint density at radius 2 is 1.00 bits per heavy atom. The number of halogens is 2. The third-order valence-electron chi connectivity index (χ3n) is 8.32. The van der Waals surface area contributed by atoms with Gasteiger partial charge in [0.1, 0.15) is 23.0 Å². The fourth-order valence-electron chi connectivity index (χ4n) is 5.87. The van der Waals surface area contributed by atoms with Gasteiger partial charge in [-0.05, 0) is 111 Å². The van der Waals surface area contributed by atoms with Crippen molar-refractivity contribution in [2.75, 3.05) is 26.2 Å². The van der Waals surface area contributed by atoms with Gasteiger partial charge in [-0.2, -0.15) is 0 Å². The average Bonchev–Trinajstić information content (AvgIpc) is 2.97. The topological polar surface area (TPSA) is 53.5 Å². The van der Waals surface area contributed by atoms with Gasteiger partial charge in [-0.3, -0.25) is 19.4 Å². The van der Waals surface area contributed by atoms with Crippen molar-refractivity contribution in [2.24, 2.45) is 11.8 Å². The molecule has 0 atom stereocenters. The van der Waals surface area contributed by atoms with E-state index in [1.807, 2.05) is 24.3 Å². The fraction of sp³-hybridized carbons (Fsp3) is 0.424. The number of hydrogen-bond acceptors (Lipinski definition) is 5. The second kappa shape index (κ2) is 13.4. The molecule has 40 heavy (non-hydrogen) atoms. The SMILES string of the molecule is O=C(CC1CCN(Cc2ccc(F)cc2)CC1)c1cccc(C(=O)CC2CCN(Cc3ccc(F)cc3)CC2)n1. The number of likely N-dealkylation sites (tertiary alicyclic amines) is 2. The lowest BCUT2D eigenvalue weighted by Crippen LogP contribution is -2.34. The fourth-order valence-corrected chi connectivity index (χ4v) is 5.87. The van der Waals surface area contributed by atoms with Crippen molar-refractivity contribution in [1.29, 1.82) is 0 Å². The van der Waals surface area contributed by atoms with Crippen molar-refractivity contribution in [3.8, 4) is 0 Å². The minimum Gasteiger partial charge on any atom is -0.299 e. The molecule has 0 radical (unpaired) electrons. The molecule has 0 unspecified atom stereocenters. The summed E-state index contributed by atoms with van der Waals surface area (Å²) in [6.07, 6.45) is 4.64. The maximum atomic E-state index is 13.2. The molecule has 0 bridgehead atoms. The van der Waals surface area contributed by atoms with Crippen LogP contribution in [0.5, 0.6) is 0 Å². The molecule has 0 amide bonds. The van der Waals surface area contributed by atoms with E-state index < -0.39 is 0 Å². The zero-order valence-electron chi connectivity index (χ0n) is 22.9. The standard InChI is InChI=1S/C33H37F2N3O2/c34-28-8-4-26(5-9-28)22-37-16-12-24(13-17-37)20-32(39)30-2-1-3-31(36-30)33(40)21-25-14-18-38(19-15-25)23-27-6-10-29(35)11-7-27/h1-11,24-25H,12-23H2. The summed E-state index contributed by atoms with van der Waals surface area (Å²) in [5.74, 6) is 0.166. The van der Waals surface area contributed by atoms with E-state index in [9.17, 15) is 18.4 Å². The van der Waals surface area contributed by atoms with Gasteiger partial charge in [0, 0.05) is 25.9 Å². The molecule has 2 aromatic carbocycles. The molecule has 3 aromatic rings. The zero-order chi connectivity index (χ0) is 27.9. The van der Waals surface area contributed by atoms with E-state index in [-0.39, 0.29) is 23.2 Å². The molecule has 5 nitrogen and oxygen atoms in total. The highest BCUT2D eigenvalue weighted by atomic mass is 19.1. The van der Waals surface area contributed by atoms with Gasteiger partial charge in [0.25, 0.3) is 0 Å². The van der Waals surface area contributed by atoms with E-state index in [1.54, 1.807) is 18.2 Å². The van der Waals surface area contributed by atoms with Crippen molar-refractivity contribution in [1.82, 2.24) is 14.8 Å². The highest BCUT2D eigenvalue weighted by molar-refractivity contribution is 5.98. The van der Waals surface area contributed by atoms with E-state index in [0.717, 1.165) is 76.1 Å². The molecule has 7 heteroatoms. The number of pyridine rings is 1. The predicted molar refractivity (Wildman–Crippen MR) is 151 cm³/mol. The Morgan fingerprint density at radius 3 is 1.38 bits per heavy atom. The molecular formula is C33H37F2N3O2. The van der Waals surface area contributed by atoms with Crippen LogP contribution in [0, 0.1) is 23.5 Å². The molecule has 3 heterocycles. The minimum atomic E-state index is -0.222. The van der Waals surface area contributed by atoms with Gasteiger partial charge in [0.05, 0.1) is 0 Å². The Balaban J connectivity index is 1.06. The van der Waals surface area contributed by atoms with Gasteiger partial charge in [-0.25, -0.2) is 13.8 Å². The minimum absolute atomic E-state index is 0.000681. The first-order chi connectivity index (χ1) is 19.4. The van der Waals surface area contributed by atoms with Gasteiger partial charge in [0.15, 0.2) is 11.6 Å². The highest BCUT2D eigenvalue weighted by Gasteiger charge is 2.25. The summed E-state index contributed by atoms with van der Waals surface area (Å²) in [6, 6.07) is 18.5. The van der Waals surface area contributed by atoms with E-state index in [1.165, 1.54) is 24.3 Å². The molecule has 210 valence electrons. The lowest BCUT2D eigenvalue weighted by Gasteiger charge is -2.31. The summed E-state index contributed by atoms with van der Waals surface area (Å²) in [5, 5.41) is 0. The molecule has 0 aliphatic carbocycles. The lowest BCUT2D eigenvalue weighted by molar-refractivity contribution is 0.0916. The molecule has 5 rings (SSSR count). The highest BCUT2D eigenvalue weighted by Crippen LogP contribution is 2.25. The number of aromatic nitrogens is 1. The predicted octanol–water partition coefficient (Wildman–Crippen LogP) is 6.33. The number of carbonyl (C=O) groups excluding carboxylic acids is 2. The van der Waals surface area contributed by atoms with Crippen LogP contribution in [0.1, 0.15) is 70.6 Å². The molecule has 2 aliphatic heterocycles. The maximum absolute atomic E-state index is 13.2. The first kappa shape index (κ1) is 28.2. The monoisotopic (exact) mass is 545 g/mol. The smallest absolute Gasteiger partial charge is 0.181 e. The first-order valence-electron chi connectivity index (χ1n) is 14.4. The molecular weight excluding hydrogens is 508 g/mol. The van der Waals surface area contributed by atoms with Crippen LogP contribution in [0.3, 0.4) is 0 Å². The molecule has 0 spiro atoms. The van der Waals surface area contributed by atoms with Crippen LogP contribution >= 0.6 is 0 Å². The zero-order valence-corrected chi connectivity index (χ0v) is 22.9. The number of nitrogens with zero attached hydrogens (tertiary/aromatic N) is 3. The third-order valence-corrected chi connectivity index (χ3v) is 8.32. The van der Waals surface area contributed by atoms with Crippen LogP contribution in [0.2, 0.25) is 0 Å². The van der Waals surface area contributed by atoms with Crippen molar-refractivity contribution in [2.45, 2.75) is 51.6 Å². The Kier molecular flexibility index (Phi) is 9.45. The van der Waals surface area contributed by atoms with Crippen molar-refractivity contribution in [3.63, 3.8) is 0 Å². The van der Waals surface area contributed by atoms with Crippen molar-refractivity contribution >= 4 is 11.6 Å². The summed E-state index contributed by atoms with van der Waals surface area (Å²) in [7, 11) is 0. The third kappa shape index (κ3) is 7.89. The number of ketones is 2. The maximum Gasteiger partial charge on any atom is 0.181 e. The number of benzene rings is 2. The number of Topliss-reactive ketones (excluding diaryl/α,β-unsaturated/α-hetero) is 2. The Hall–Kier alpha value is -3.29. The Morgan fingerprint density at radius 1 is 0.625 bits per heavy atom. The number of carbonyl (C=O) groups is 2. The van der Waals surface area contributed by atoms with Crippen LogP contribution < -0.4 is 0 Å². The van der Waals surface area contributed by atoms with Crippen LogP contribution in [-0.4, -0.2) is 52.5 Å². The van der Waals surface area contributed by atoms with E-state index in [0.29, 0.717) is 36.1 Å². The van der Waals surface area contributed by atoms with Crippen LogP contribution in [0.25, 0.3) is 0 Å². The number of rotatable bonds is 10. The van der Waals surface area contributed by atoms with Gasteiger partial charge >= 0.3 is 0 Å². The van der Waals surface area contributed by atoms with Gasteiger partial charge < -0.3 is 0 Å². The molecule has 1 aromatic heterocycles. The molecule has 2 saturated heterocycles. The largest absolute Gasteiger partial charge is 0.299 e. The van der Waals surface area contributed by atoms with Crippen LogP contribution in [0.15, 0.2) is 66.7 Å². The van der Waals surface area contributed by atoms with E-state index >= 15 is 0 Å². The summed E-state index contributed by atoms with van der Waals surface area (Å²) in [6.45, 7) is 5.21. The number of piperidine rings is 2. The lowest BCUT2D eigenvalue weighted by atomic mass is 9.90. The summed E-state index contributed by atoms with van der Waals surface area (Å²) >= 11 is 0. The Bertz CT molecular complexity index is 1180. The van der Waals surface area contributed by atoms with Crippen LogP contribution in [0.4, 0.5) is 8.78 Å². The van der Waals surface area contributed by atoms with E-state index in [4.69, 9.17) is 0 Å².